The topological polar surface area (TPSA) is 85.4 Å². The Bertz CT molecular complexity index is 707. The van der Waals surface area contributed by atoms with Gasteiger partial charge in [0.05, 0.1) is 23.7 Å². The maximum absolute atomic E-state index is 10.9. The van der Waals surface area contributed by atoms with Crippen molar-refractivity contribution in [2.45, 2.75) is 6.61 Å². The standard InChI is InChI=1S/C15H12N2O4/c1-20-14-7-6-11(9-16)8-12(14)10-21-15-5-3-2-4-13(15)17(18)19/h2-8H,10H2,1H3. The number of nitriles is 1. The Hall–Kier alpha value is -3.07. The van der Waals surface area contributed by atoms with E-state index in [1.165, 1.54) is 19.2 Å². The van der Waals surface area contributed by atoms with Crippen molar-refractivity contribution in [3.8, 4) is 17.6 Å². The van der Waals surface area contributed by atoms with Gasteiger partial charge in [-0.1, -0.05) is 12.1 Å². The summed E-state index contributed by atoms with van der Waals surface area (Å²) in [7, 11) is 1.51. The van der Waals surface area contributed by atoms with Gasteiger partial charge in [0.25, 0.3) is 0 Å². The van der Waals surface area contributed by atoms with Crippen LogP contribution in [-0.2, 0) is 6.61 Å². The fourth-order valence-electron chi connectivity index (χ4n) is 1.85. The van der Waals surface area contributed by atoms with Gasteiger partial charge in [0.15, 0.2) is 5.75 Å². The molecule has 0 aliphatic carbocycles. The Morgan fingerprint density at radius 1 is 1.24 bits per heavy atom. The number of nitrogens with zero attached hydrogens (tertiary/aromatic N) is 2. The molecule has 0 spiro atoms. The summed E-state index contributed by atoms with van der Waals surface area (Å²) in [5.74, 6) is 0.736. The van der Waals surface area contributed by atoms with E-state index in [1.54, 1.807) is 30.3 Å². The van der Waals surface area contributed by atoms with Crippen molar-refractivity contribution in [1.29, 1.82) is 5.26 Å². The van der Waals surface area contributed by atoms with Gasteiger partial charge >= 0.3 is 5.69 Å². The molecule has 0 atom stereocenters. The van der Waals surface area contributed by atoms with E-state index in [1.807, 2.05) is 6.07 Å². The van der Waals surface area contributed by atoms with Gasteiger partial charge in [-0.3, -0.25) is 10.1 Å². The van der Waals surface area contributed by atoms with E-state index in [9.17, 15) is 10.1 Å². The van der Waals surface area contributed by atoms with Crippen molar-refractivity contribution in [3.63, 3.8) is 0 Å². The minimum absolute atomic E-state index is 0.0730. The molecule has 2 aromatic rings. The average molecular weight is 284 g/mol. The van der Waals surface area contributed by atoms with Crippen LogP contribution in [-0.4, -0.2) is 12.0 Å². The first-order chi connectivity index (χ1) is 10.2. The SMILES string of the molecule is COc1ccc(C#N)cc1COc1ccccc1[N+](=O)[O-]. The van der Waals surface area contributed by atoms with Crippen LogP contribution < -0.4 is 9.47 Å². The van der Waals surface area contributed by atoms with Crippen LogP contribution >= 0.6 is 0 Å². The lowest BCUT2D eigenvalue weighted by molar-refractivity contribution is -0.385. The second-order valence-corrected chi connectivity index (χ2v) is 4.15. The van der Waals surface area contributed by atoms with Crippen molar-refractivity contribution < 1.29 is 14.4 Å². The predicted molar refractivity (Wildman–Crippen MR) is 75.1 cm³/mol. The van der Waals surface area contributed by atoms with E-state index in [2.05, 4.69) is 0 Å². The molecule has 2 rings (SSSR count). The zero-order valence-electron chi connectivity index (χ0n) is 11.3. The van der Waals surface area contributed by atoms with Crippen molar-refractivity contribution in [3.05, 3.63) is 63.7 Å². The van der Waals surface area contributed by atoms with Crippen LogP contribution in [0.3, 0.4) is 0 Å². The number of hydrogen-bond acceptors (Lipinski definition) is 5. The molecular weight excluding hydrogens is 272 g/mol. The third-order valence-electron chi connectivity index (χ3n) is 2.85. The molecule has 0 aliphatic rings. The number of benzene rings is 2. The molecule has 6 nitrogen and oxygen atoms in total. The van der Waals surface area contributed by atoms with Crippen LogP contribution in [0.2, 0.25) is 0 Å². The van der Waals surface area contributed by atoms with Crippen molar-refractivity contribution >= 4 is 5.69 Å². The fourth-order valence-corrected chi connectivity index (χ4v) is 1.85. The molecule has 0 bridgehead atoms. The molecule has 0 unspecified atom stereocenters. The lowest BCUT2D eigenvalue weighted by atomic mass is 10.1. The number of ether oxygens (including phenoxy) is 2. The fraction of sp³-hybridized carbons (Fsp3) is 0.133. The first-order valence-electron chi connectivity index (χ1n) is 6.09. The number of hydrogen-bond donors (Lipinski definition) is 0. The minimum Gasteiger partial charge on any atom is -0.496 e. The molecule has 106 valence electrons. The molecule has 0 saturated carbocycles. The number of para-hydroxylation sites is 2. The van der Waals surface area contributed by atoms with E-state index in [-0.39, 0.29) is 18.0 Å². The van der Waals surface area contributed by atoms with Crippen LogP contribution in [0, 0.1) is 21.4 Å². The van der Waals surface area contributed by atoms with Crippen molar-refractivity contribution in [2.24, 2.45) is 0 Å². The van der Waals surface area contributed by atoms with E-state index in [0.29, 0.717) is 16.9 Å². The lowest BCUT2D eigenvalue weighted by Gasteiger charge is -2.10. The molecule has 21 heavy (non-hydrogen) atoms. The molecule has 0 amide bonds. The zero-order valence-corrected chi connectivity index (χ0v) is 11.3. The second kappa shape index (κ2) is 6.39. The highest BCUT2D eigenvalue weighted by molar-refractivity contribution is 5.46. The van der Waals surface area contributed by atoms with Crippen LogP contribution in [0.5, 0.6) is 11.5 Å². The summed E-state index contributed by atoms with van der Waals surface area (Å²) in [5.41, 5.74) is 1.01. The molecule has 2 aromatic carbocycles. The maximum Gasteiger partial charge on any atom is 0.310 e. The summed E-state index contributed by atoms with van der Waals surface area (Å²) >= 11 is 0. The van der Waals surface area contributed by atoms with Crippen LogP contribution in [0.1, 0.15) is 11.1 Å². The third kappa shape index (κ3) is 3.28. The molecule has 0 aliphatic heterocycles. The molecule has 0 heterocycles. The van der Waals surface area contributed by atoms with Crippen molar-refractivity contribution in [1.82, 2.24) is 0 Å². The monoisotopic (exact) mass is 284 g/mol. The molecule has 0 saturated heterocycles. The minimum atomic E-state index is -0.502. The zero-order chi connectivity index (χ0) is 15.2. The van der Waals surface area contributed by atoms with Crippen LogP contribution in [0.4, 0.5) is 5.69 Å². The maximum atomic E-state index is 10.9. The average Bonchev–Trinajstić information content (AvgIpc) is 2.52. The highest BCUT2D eigenvalue weighted by Gasteiger charge is 2.14. The summed E-state index contributed by atoms with van der Waals surface area (Å²) in [6.45, 7) is 0.0730. The Kier molecular flexibility index (Phi) is 4.36. The summed E-state index contributed by atoms with van der Waals surface area (Å²) in [5, 5.41) is 19.8. The van der Waals surface area contributed by atoms with Gasteiger partial charge in [-0.2, -0.15) is 5.26 Å². The Morgan fingerprint density at radius 2 is 2.00 bits per heavy atom. The first kappa shape index (κ1) is 14.3. The van der Waals surface area contributed by atoms with E-state index >= 15 is 0 Å². The molecule has 6 heteroatoms. The summed E-state index contributed by atoms with van der Waals surface area (Å²) in [6, 6.07) is 13.1. The summed E-state index contributed by atoms with van der Waals surface area (Å²) in [6.07, 6.45) is 0. The van der Waals surface area contributed by atoms with Gasteiger partial charge in [0.2, 0.25) is 0 Å². The number of nitro groups is 1. The van der Waals surface area contributed by atoms with E-state index in [4.69, 9.17) is 14.7 Å². The van der Waals surface area contributed by atoms with Gasteiger partial charge in [0, 0.05) is 11.6 Å². The largest absolute Gasteiger partial charge is 0.496 e. The smallest absolute Gasteiger partial charge is 0.310 e. The summed E-state index contributed by atoms with van der Waals surface area (Å²) in [4.78, 5) is 10.4. The van der Waals surface area contributed by atoms with Gasteiger partial charge in [-0.05, 0) is 24.3 Å². The Labute approximate surface area is 121 Å². The van der Waals surface area contributed by atoms with Gasteiger partial charge in [0.1, 0.15) is 12.4 Å². The molecule has 0 N–H and O–H groups in total. The molecule has 0 radical (unpaired) electrons. The Morgan fingerprint density at radius 3 is 2.67 bits per heavy atom. The molecule has 0 aromatic heterocycles. The lowest BCUT2D eigenvalue weighted by Crippen LogP contribution is -2.01. The second-order valence-electron chi connectivity index (χ2n) is 4.15. The van der Waals surface area contributed by atoms with Gasteiger partial charge in [-0.15, -0.1) is 0 Å². The molecular formula is C15H12N2O4. The van der Waals surface area contributed by atoms with Gasteiger partial charge in [-0.25, -0.2) is 0 Å². The van der Waals surface area contributed by atoms with E-state index < -0.39 is 4.92 Å². The van der Waals surface area contributed by atoms with Crippen molar-refractivity contribution in [2.75, 3.05) is 7.11 Å². The number of nitro benzene ring substituents is 1. The first-order valence-corrected chi connectivity index (χ1v) is 6.09. The molecule has 0 fully saturated rings. The summed E-state index contributed by atoms with van der Waals surface area (Å²) < 4.78 is 10.7. The highest BCUT2D eigenvalue weighted by Crippen LogP contribution is 2.28. The third-order valence-corrected chi connectivity index (χ3v) is 2.85. The quantitative estimate of drug-likeness (QED) is 0.622. The Balaban J connectivity index is 2.24. The predicted octanol–water partition coefficient (Wildman–Crippen LogP) is 3.05. The van der Waals surface area contributed by atoms with E-state index in [0.717, 1.165) is 0 Å². The van der Waals surface area contributed by atoms with Crippen LogP contribution in [0.15, 0.2) is 42.5 Å². The van der Waals surface area contributed by atoms with Gasteiger partial charge < -0.3 is 9.47 Å². The number of methoxy groups -OCH3 is 1. The highest BCUT2D eigenvalue weighted by atomic mass is 16.6. The van der Waals surface area contributed by atoms with Crippen LogP contribution in [0.25, 0.3) is 0 Å². The number of rotatable bonds is 5. The normalized spacial score (nSPS) is 9.71.